The van der Waals surface area contributed by atoms with Crippen molar-refractivity contribution >= 4 is 46.7 Å². The summed E-state index contributed by atoms with van der Waals surface area (Å²) in [4.78, 5) is 61.9. The van der Waals surface area contributed by atoms with Crippen LogP contribution in [0.2, 0.25) is 0 Å². The van der Waals surface area contributed by atoms with Gasteiger partial charge in [0.05, 0.1) is 24.2 Å². The van der Waals surface area contributed by atoms with Gasteiger partial charge in [0.1, 0.15) is 23.4 Å². The molecule has 0 spiro atoms. The number of amides is 3. The van der Waals surface area contributed by atoms with Gasteiger partial charge in [-0.25, -0.2) is 19.2 Å². The number of benzene rings is 2. The molecule has 14 nitrogen and oxygen atoms in total. The molecule has 1 aliphatic rings. The van der Waals surface area contributed by atoms with Gasteiger partial charge in [-0.3, -0.25) is 19.4 Å². The fourth-order valence-corrected chi connectivity index (χ4v) is 4.76. The molecule has 2 aromatic heterocycles. The first kappa shape index (κ1) is 31.4. The number of hydrogen-bond donors (Lipinski definition) is 3. The van der Waals surface area contributed by atoms with Gasteiger partial charge in [-0.05, 0) is 67.8 Å². The first-order chi connectivity index (χ1) is 22.2. The topological polar surface area (TPSA) is 177 Å². The minimum atomic E-state index is -0.970. The molecule has 5 rings (SSSR count). The molecule has 2 aromatic carbocycles. The Hall–Kier alpha value is -6.05. The summed E-state index contributed by atoms with van der Waals surface area (Å²) in [7, 11) is 0. The highest BCUT2D eigenvalue weighted by atomic mass is 16.7. The summed E-state index contributed by atoms with van der Waals surface area (Å²) in [6, 6.07) is 10.8. The van der Waals surface area contributed by atoms with Crippen molar-refractivity contribution in [3.8, 4) is 5.75 Å². The number of carbonyl (C=O) groups is 4. The third-order valence-corrected chi connectivity index (χ3v) is 7.07. The number of phenolic OH excluding ortho intramolecular Hbond substituents is 1. The van der Waals surface area contributed by atoms with Crippen molar-refractivity contribution in [1.82, 2.24) is 25.2 Å². The molecule has 0 saturated heterocycles. The molecule has 0 radical (unpaired) electrons. The average molecular weight is 626 g/mol. The van der Waals surface area contributed by atoms with E-state index in [0.717, 1.165) is 4.90 Å². The molecule has 0 unspecified atom stereocenters. The molecular formula is C32H31N7O7. The van der Waals surface area contributed by atoms with Crippen molar-refractivity contribution in [3.05, 3.63) is 95.0 Å². The number of ether oxygens (including phenoxy) is 2. The summed E-state index contributed by atoms with van der Waals surface area (Å²) in [6.07, 6.45) is 5.16. The molecule has 0 saturated carbocycles. The van der Waals surface area contributed by atoms with Crippen molar-refractivity contribution in [2.75, 3.05) is 24.8 Å². The van der Waals surface area contributed by atoms with Crippen LogP contribution in [0.25, 0.3) is 5.52 Å². The molecule has 0 fully saturated rings. The number of anilines is 2. The first-order valence-electron chi connectivity index (χ1n) is 14.3. The van der Waals surface area contributed by atoms with Crippen LogP contribution in [0.3, 0.4) is 0 Å². The van der Waals surface area contributed by atoms with E-state index in [1.807, 2.05) is 0 Å². The Morgan fingerprint density at radius 2 is 1.83 bits per heavy atom. The fourth-order valence-electron chi connectivity index (χ4n) is 4.76. The predicted molar refractivity (Wildman–Crippen MR) is 167 cm³/mol. The Morgan fingerprint density at radius 3 is 2.54 bits per heavy atom. The van der Waals surface area contributed by atoms with Gasteiger partial charge < -0.3 is 25.2 Å². The lowest BCUT2D eigenvalue weighted by atomic mass is 10.1. The molecule has 3 N–H and O–H groups in total. The van der Waals surface area contributed by atoms with Gasteiger partial charge >= 0.3 is 12.1 Å². The minimum absolute atomic E-state index is 0.0577. The second-order valence-electron chi connectivity index (χ2n) is 10.2. The third kappa shape index (κ3) is 6.85. The zero-order valence-electron chi connectivity index (χ0n) is 25.3. The molecule has 3 amide bonds. The lowest BCUT2D eigenvalue weighted by molar-refractivity contribution is -0.150. The van der Waals surface area contributed by atoms with Crippen LogP contribution in [0.15, 0.2) is 72.1 Å². The number of nitrogens with one attached hydrogen (secondary N) is 2. The lowest BCUT2D eigenvalue weighted by Gasteiger charge is -2.24. The predicted octanol–water partition coefficient (Wildman–Crippen LogP) is 3.52. The van der Waals surface area contributed by atoms with Crippen LogP contribution >= 0.6 is 0 Å². The van der Waals surface area contributed by atoms with Crippen molar-refractivity contribution in [1.29, 1.82) is 0 Å². The largest absolute Gasteiger partial charge is 0.508 e. The number of aryl methyl sites for hydroxylation is 2. The Bertz CT molecular complexity index is 1880. The van der Waals surface area contributed by atoms with Crippen LogP contribution in [0.4, 0.5) is 16.3 Å². The molecule has 236 valence electrons. The quantitative estimate of drug-likeness (QED) is 0.186. The van der Waals surface area contributed by atoms with Crippen LogP contribution in [-0.4, -0.2) is 69.3 Å². The van der Waals surface area contributed by atoms with E-state index in [1.165, 1.54) is 35.2 Å². The maximum atomic E-state index is 13.8. The van der Waals surface area contributed by atoms with Crippen molar-refractivity contribution in [3.63, 3.8) is 0 Å². The van der Waals surface area contributed by atoms with Crippen molar-refractivity contribution in [2.45, 2.75) is 27.2 Å². The number of phenols is 1. The zero-order chi connectivity index (χ0) is 32.8. The van der Waals surface area contributed by atoms with E-state index in [-0.39, 0.29) is 35.1 Å². The van der Waals surface area contributed by atoms with Gasteiger partial charge in [-0.2, -0.15) is 5.10 Å². The summed E-state index contributed by atoms with van der Waals surface area (Å²) in [5.41, 5.74) is 2.81. The number of aliphatic imine (C=N–C) groups is 1. The zero-order valence-corrected chi connectivity index (χ0v) is 25.3. The van der Waals surface area contributed by atoms with E-state index in [0.29, 0.717) is 46.7 Å². The lowest BCUT2D eigenvalue weighted by Crippen LogP contribution is -2.31. The number of hydrogen-bond acceptors (Lipinski definition) is 10. The summed E-state index contributed by atoms with van der Waals surface area (Å²) in [5, 5.41) is 19.2. The second kappa shape index (κ2) is 13.7. The Kier molecular flexibility index (Phi) is 9.36. The van der Waals surface area contributed by atoms with Crippen molar-refractivity contribution < 1.29 is 33.8 Å². The Balaban J connectivity index is 1.49. The van der Waals surface area contributed by atoms with E-state index in [2.05, 4.69) is 25.7 Å². The van der Waals surface area contributed by atoms with Gasteiger partial charge in [0, 0.05) is 18.3 Å². The highest BCUT2D eigenvalue weighted by Crippen LogP contribution is 2.34. The van der Waals surface area contributed by atoms with Crippen LogP contribution in [0.1, 0.15) is 44.3 Å². The van der Waals surface area contributed by atoms with E-state index < -0.39 is 24.8 Å². The van der Waals surface area contributed by atoms with E-state index >= 15 is 0 Å². The highest BCUT2D eigenvalue weighted by Gasteiger charge is 2.29. The first-order valence-corrected chi connectivity index (χ1v) is 14.3. The van der Waals surface area contributed by atoms with Gasteiger partial charge in [-0.15, -0.1) is 0 Å². The molecule has 0 atom stereocenters. The van der Waals surface area contributed by atoms with Gasteiger partial charge in [0.2, 0.25) is 6.79 Å². The van der Waals surface area contributed by atoms with Crippen LogP contribution in [-0.2, 0) is 20.7 Å². The van der Waals surface area contributed by atoms with E-state index in [4.69, 9.17) is 9.47 Å². The van der Waals surface area contributed by atoms with Gasteiger partial charge in [-0.1, -0.05) is 24.3 Å². The maximum absolute atomic E-state index is 13.8. The molecule has 0 bridgehead atoms. The number of esters is 1. The minimum Gasteiger partial charge on any atom is -0.508 e. The Labute approximate surface area is 263 Å². The fraction of sp³-hybridized carbons (Fsp3) is 0.219. The van der Waals surface area contributed by atoms with E-state index in [1.54, 1.807) is 57.2 Å². The number of rotatable bonds is 9. The summed E-state index contributed by atoms with van der Waals surface area (Å²) in [5.74, 6) is -0.911. The molecular weight excluding hydrogens is 594 g/mol. The van der Waals surface area contributed by atoms with Crippen LogP contribution in [0.5, 0.6) is 5.75 Å². The van der Waals surface area contributed by atoms with Crippen LogP contribution < -0.4 is 15.5 Å². The third-order valence-electron chi connectivity index (χ3n) is 7.07. The Morgan fingerprint density at radius 1 is 1.04 bits per heavy atom. The van der Waals surface area contributed by atoms with Gasteiger partial charge in [0.15, 0.2) is 5.82 Å². The molecule has 4 aromatic rings. The molecule has 0 aliphatic carbocycles. The number of nitrogens with zero attached hydrogens (tertiary/aromatic N) is 5. The number of carbonyl (C=O) groups excluding carboxylic acids is 4. The summed E-state index contributed by atoms with van der Waals surface area (Å²) < 4.78 is 12.0. The number of aromatic hydroxyl groups is 1. The number of fused-ring (bicyclic) bond motifs is 1. The molecule has 3 heterocycles. The normalized spacial score (nSPS) is 12.0. The number of amidine groups is 1. The SMILES string of the molecule is CCNC(=O)c1cn2ncnc(N(C(=O)OCOC(=O)Cc3ccc(O)cc3)c3cc(C(=O)NC4=NCC=C4)ccc3C)c2c1C. The van der Waals surface area contributed by atoms with Crippen LogP contribution in [0, 0.1) is 13.8 Å². The van der Waals surface area contributed by atoms with Crippen molar-refractivity contribution in [2.24, 2.45) is 4.99 Å². The molecule has 46 heavy (non-hydrogen) atoms. The second-order valence-corrected chi connectivity index (χ2v) is 10.2. The molecule has 1 aliphatic heterocycles. The number of aromatic nitrogens is 3. The summed E-state index contributed by atoms with van der Waals surface area (Å²) >= 11 is 0. The van der Waals surface area contributed by atoms with E-state index in [9.17, 15) is 24.3 Å². The summed E-state index contributed by atoms with van der Waals surface area (Å²) in [6.45, 7) is 5.39. The average Bonchev–Trinajstić information content (AvgIpc) is 3.67. The smallest absolute Gasteiger partial charge is 0.423 e. The monoisotopic (exact) mass is 625 g/mol. The molecule has 14 heteroatoms. The standard InChI is InChI=1S/C32H31N7O7/c1-4-33-31(43)24-16-38-28(20(24)3)29(35-17-36-38)39(32(44)46-18-45-27(41)14-21-8-11-23(40)12-9-21)25-15-22(10-7-19(25)2)30(42)37-26-6-5-13-34-26/h5-12,15-17,40H,4,13-14,18H2,1-3H3,(H,33,43)(H,34,37,42). The maximum Gasteiger partial charge on any atom is 0.423 e. The highest BCUT2D eigenvalue weighted by molar-refractivity contribution is 6.12. The van der Waals surface area contributed by atoms with Gasteiger partial charge in [0.25, 0.3) is 11.8 Å².